The number of benzene rings is 2. The maximum Gasteiger partial charge on any atom is 0.329 e. The van der Waals surface area contributed by atoms with Gasteiger partial charge >= 0.3 is 11.8 Å². The molecule has 0 bridgehead atoms. The van der Waals surface area contributed by atoms with Crippen molar-refractivity contribution >= 4 is 45.6 Å². The van der Waals surface area contributed by atoms with Gasteiger partial charge in [0.2, 0.25) is 0 Å². The van der Waals surface area contributed by atoms with Crippen LogP contribution in [-0.4, -0.2) is 37.6 Å². The molecular formula is C19H19BrN4O4. The third kappa shape index (κ3) is 6.51. The van der Waals surface area contributed by atoms with Gasteiger partial charge in [0.05, 0.1) is 6.21 Å². The molecular weight excluding hydrogens is 428 g/mol. The summed E-state index contributed by atoms with van der Waals surface area (Å²) in [5, 5.41) is 8.67. The lowest BCUT2D eigenvalue weighted by molar-refractivity contribution is -0.138. The van der Waals surface area contributed by atoms with Crippen LogP contribution < -0.4 is 20.8 Å². The number of hydrogen-bond donors (Lipinski definition) is 3. The van der Waals surface area contributed by atoms with E-state index in [4.69, 9.17) is 4.74 Å². The minimum Gasteiger partial charge on any atom is -0.484 e. The Bertz CT molecular complexity index is 915. The Morgan fingerprint density at radius 3 is 2.64 bits per heavy atom. The number of hydrogen-bond acceptors (Lipinski definition) is 5. The van der Waals surface area contributed by atoms with Gasteiger partial charge in [0.1, 0.15) is 5.75 Å². The van der Waals surface area contributed by atoms with E-state index in [-0.39, 0.29) is 12.5 Å². The van der Waals surface area contributed by atoms with Crippen LogP contribution in [0.3, 0.4) is 0 Å². The number of aryl methyl sites for hydroxylation is 1. The van der Waals surface area contributed by atoms with Crippen molar-refractivity contribution in [3.05, 3.63) is 58.1 Å². The van der Waals surface area contributed by atoms with Crippen LogP contribution in [-0.2, 0) is 14.4 Å². The van der Waals surface area contributed by atoms with E-state index in [1.165, 1.54) is 13.3 Å². The van der Waals surface area contributed by atoms with Crippen molar-refractivity contribution < 1.29 is 19.1 Å². The van der Waals surface area contributed by atoms with Gasteiger partial charge in [-0.1, -0.05) is 28.1 Å². The first-order chi connectivity index (χ1) is 13.4. The van der Waals surface area contributed by atoms with Gasteiger partial charge in [-0.25, -0.2) is 5.43 Å². The van der Waals surface area contributed by atoms with E-state index in [2.05, 4.69) is 37.1 Å². The number of halogens is 1. The number of nitrogens with one attached hydrogen (secondary N) is 3. The van der Waals surface area contributed by atoms with Crippen LogP contribution in [0.15, 0.2) is 52.0 Å². The molecule has 3 amide bonds. The van der Waals surface area contributed by atoms with Gasteiger partial charge in [0.15, 0.2) is 6.61 Å². The summed E-state index contributed by atoms with van der Waals surface area (Å²) in [4.78, 5) is 34.4. The first-order valence-corrected chi connectivity index (χ1v) is 9.02. The predicted octanol–water partition coefficient (Wildman–Crippen LogP) is 1.97. The molecule has 0 aliphatic heterocycles. The van der Waals surface area contributed by atoms with E-state index in [0.29, 0.717) is 17.0 Å². The molecule has 0 saturated heterocycles. The second-order valence-electron chi connectivity index (χ2n) is 5.65. The molecule has 9 heteroatoms. The fourth-order valence-corrected chi connectivity index (χ4v) is 2.59. The van der Waals surface area contributed by atoms with Crippen molar-refractivity contribution in [1.82, 2.24) is 10.7 Å². The number of carbonyl (C=O) groups excluding carboxylic acids is 3. The van der Waals surface area contributed by atoms with Crippen LogP contribution in [0.2, 0.25) is 0 Å². The summed E-state index contributed by atoms with van der Waals surface area (Å²) < 4.78 is 6.43. The Labute approximate surface area is 170 Å². The average molecular weight is 447 g/mol. The van der Waals surface area contributed by atoms with Crippen molar-refractivity contribution in [3.63, 3.8) is 0 Å². The molecule has 0 aliphatic rings. The van der Waals surface area contributed by atoms with Gasteiger partial charge in [0.25, 0.3) is 5.91 Å². The highest BCUT2D eigenvalue weighted by molar-refractivity contribution is 9.10. The first kappa shape index (κ1) is 21.1. The number of carbonyl (C=O) groups is 3. The Hall–Kier alpha value is -3.20. The normalized spacial score (nSPS) is 10.4. The number of nitrogens with zero attached hydrogens (tertiary/aromatic N) is 1. The average Bonchev–Trinajstić information content (AvgIpc) is 2.68. The van der Waals surface area contributed by atoms with Gasteiger partial charge in [-0.05, 0) is 48.4 Å². The third-order valence-electron chi connectivity index (χ3n) is 3.50. The van der Waals surface area contributed by atoms with E-state index in [1.807, 2.05) is 25.1 Å². The molecule has 0 aromatic heterocycles. The topological polar surface area (TPSA) is 109 Å². The summed E-state index contributed by atoms with van der Waals surface area (Å²) in [5.41, 5.74) is 4.37. The first-order valence-electron chi connectivity index (χ1n) is 8.23. The summed E-state index contributed by atoms with van der Waals surface area (Å²) in [5.74, 6) is -1.49. The molecule has 0 spiro atoms. The van der Waals surface area contributed by atoms with Crippen LogP contribution in [0, 0.1) is 6.92 Å². The predicted molar refractivity (Wildman–Crippen MR) is 109 cm³/mol. The second kappa shape index (κ2) is 10.2. The SMILES string of the molecule is CNC(=O)C(=O)N/N=C\c1cccc(OCC(=O)Nc2ccc(Br)cc2C)c1. The Balaban J connectivity index is 1.89. The van der Waals surface area contributed by atoms with Crippen LogP contribution in [0.25, 0.3) is 0 Å². The lowest BCUT2D eigenvalue weighted by atomic mass is 10.2. The number of ether oxygens (including phenoxy) is 1. The largest absolute Gasteiger partial charge is 0.484 e. The molecule has 0 heterocycles. The molecule has 0 saturated carbocycles. The second-order valence-corrected chi connectivity index (χ2v) is 6.56. The zero-order chi connectivity index (χ0) is 20.5. The highest BCUT2D eigenvalue weighted by Gasteiger charge is 2.09. The minimum atomic E-state index is -0.869. The standard InChI is InChI=1S/C19H19BrN4O4/c1-12-8-14(20)6-7-16(12)23-17(25)11-28-15-5-3-4-13(9-15)10-22-24-19(27)18(26)21-2/h3-10H,11H2,1-2H3,(H,21,26)(H,23,25)(H,24,27)/b22-10-. The Kier molecular flexibility index (Phi) is 7.70. The molecule has 2 aromatic carbocycles. The van der Waals surface area contributed by atoms with E-state index in [0.717, 1.165) is 10.0 Å². The molecule has 2 rings (SSSR count). The van der Waals surface area contributed by atoms with E-state index in [9.17, 15) is 14.4 Å². The molecule has 146 valence electrons. The molecule has 0 atom stereocenters. The number of hydrazone groups is 1. The van der Waals surface area contributed by atoms with Crippen molar-refractivity contribution in [3.8, 4) is 5.75 Å². The van der Waals surface area contributed by atoms with Crippen LogP contribution >= 0.6 is 15.9 Å². The van der Waals surface area contributed by atoms with Gasteiger partial charge < -0.3 is 15.4 Å². The molecule has 0 fully saturated rings. The summed E-state index contributed by atoms with van der Waals surface area (Å²) >= 11 is 3.38. The highest BCUT2D eigenvalue weighted by Crippen LogP contribution is 2.20. The monoisotopic (exact) mass is 446 g/mol. The van der Waals surface area contributed by atoms with Gasteiger partial charge in [-0.2, -0.15) is 5.10 Å². The summed E-state index contributed by atoms with van der Waals surface area (Å²) in [7, 11) is 1.35. The zero-order valence-electron chi connectivity index (χ0n) is 15.3. The molecule has 8 nitrogen and oxygen atoms in total. The molecule has 0 aliphatic carbocycles. The fourth-order valence-electron chi connectivity index (χ4n) is 2.12. The van der Waals surface area contributed by atoms with Crippen molar-refractivity contribution in [2.24, 2.45) is 5.10 Å². The van der Waals surface area contributed by atoms with Gasteiger partial charge in [-0.15, -0.1) is 0 Å². The van der Waals surface area contributed by atoms with E-state index in [1.54, 1.807) is 24.3 Å². The Morgan fingerprint density at radius 1 is 1.14 bits per heavy atom. The maximum absolute atomic E-state index is 12.1. The summed E-state index contributed by atoms with van der Waals surface area (Å²) in [6.45, 7) is 1.73. The minimum absolute atomic E-state index is 0.163. The van der Waals surface area contributed by atoms with Gasteiger partial charge in [-0.3, -0.25) is 14.4 Å². The molecule has 28 heavy (non-hydrogen) atoms. The molecule has 3 N–H and O–H groups in total. The maximum atomic E-state index is 12.1. The van der Waals surface area contributed by atoms with Crippen molar-refractivity contribution in [2.75, 3.05) is 19.0 Å². The van der Waals surface area contributed by atoms with E-state index >= 15 is 0 Å². The summed E-state index contributed by atoms with van der Waals surface area (Å²) in [6.07, 6.45) is 1.36. The number of likely N-dealkylation sites (N-methyl/N-ethyl adjacent to an activating group) is 1. The van der Waals surface area contributed by atoms with Crippen LogP contribution in [0.1, 0.15) is 11.1 Å². The fraction of sp³-hybridized carbons (Fsp3) is 0.158. The van der Waals surface area contributed by atoms with Crippen LogP contribution in [0.4, 0.5) is 5.69 Å². The van der Waals surface area contributed by atoms with E-state index < -0.39 is 11.8 Å². The summed E-state index contributed by atoms with van der Waals surface area (Å²) in [6, 6.07) is 12.3. The number of rotatable bonds is 6. The molecule has 2 aromatic rings. The molecule has 0 radical (unpaired) electrons. The number of amides is 3. The van der Waals surface area contributed by atoms with Crippen molar-refractivity contribution in [2.45, 2.75) is 6.92 Å². The van der Waals surface area contributed by atoms with Crippen molar-refractivity contribution in [1.29, 1.82) is 0 Å². The van der Waals surface area contributed by atoms with Gasteiger partial charge in [0, 0.05) is 17.2 Å². The lowest BCUT2D eigenvalue weighted by Crippen LogP contribution is -2.35. The zero-order valence-corrected chi connectivity index (χ0v) is 16.9. The third-order valence-corrected chi connectivity index (χ3v) is 4.00. The molecule has 0 unspecified atom stereocenters. The highest BCUT2D eigenvalue weighted by atomic mass is 79.9. The number of anilines is 1. The lowest BCUT2D eigenvalue weighted by Gasteiger charge is -2.10. The Morgan fingerprint density at radius 2 is 1.93 bits per heavy atom. The smallest absolute Gasteiger partial charge is 0.329 e. The van der Waals surface area contributed by atoms with Crippen LogP contribution in [0.5, 0.6) is 5.75 Å². The quantitative estimate of drug-likeness (QED) is 0.358.